The van der Waals surface area contributed by atoms with Crippen molar-refractivity contribution in [3.8, 4) is 10.8 Å². The molecule has 154 valence electrons. The van der Waals surface area contributed by atoms with E-state index in [2.05, 4.69) is 26.6 Å². The van der Waals surface area contributed by atoms with Crippen LogP contribution in [-0.2, 0) is 4.74 Å². The van der Waals surface area contributed by atoms with E-state index in [4.69, 9.17) is 9.47 Å². The van der Waals surface area contributed by atoms with Crippen LogP contribution in [0, 0.1) is 5.92 Å². The first-order valence-corrected chi connectivity index (χ1v) is 11.3. The number of nitrogens with zero attached hydrogens (tertiary/aromatic N) is 2. The molecule has 1 atom stereocenters. The van der Waals surface area contributed by atoms with E-state index in [1.165, 1.54) is 31.6 Å². The Kier molecular flexibility index (Phi) is 5.44. The number of anilines is 1. The molecule has 0 unspecified atom stereocenters. The highest BCUT2D eigenvalue weighted by Crippen LogP contribution is 2.33. The molecule has 0 saturated carbocycles. The van der Waals surface area contributed by atoms with Gasteiger partial charge in [-0.1, -0.05) is 0 Å². The molecule has 1 N–H and O–H groups in total. The lowest BCUT2D eigenvalue weighted by Crippen LogP contribution is -2.57. The fraction of sp³-hybridized carbons (Fsp3) is 0.500. The van der Waals surface area contributed by atoms with Crippen LogP contribution in [0.3, 0.4) is 0 Å². The standard InChI is InChI=1S/C22H27N3O3S/c26-22(23-20-14-24-7-5-16(20)6-8-24)17-1-3-19(4-2-17)28-21-13-18(15-29-21)25-9-11-27-12-10-25/h1-4,13,15-16,20H,5-12,14H2,(H,23,26)/t20-/m0/s1. The lowest BCUT2D eigenvalue weighted by Gasteiger charge is -2.44. The predicted molar refractivity (Wildman–Crippen MR) is 114 cm³/mol. The summed E-state index contributed by atoms with van der Waals surface area (Å²) in [5, 5.41) is 6.22. The summed E-state index contributed by atoms with van der Waals surface area (Å²) in [5.41, 5.74) is 1.87. The molecule has 2 bridgehead atoms. The molecule has 29 heavy (non-hydrogen) atoms. The van der Waals surface area contributed by atoms with Gasteiger partial charge in [0.25, 0.3) is 5.91 Å². The molecule has 2 aromatic rings. The van der Waals surface area contributed by atoms with E-state index < -0.39 is 0 Å². The van der Waals surface area contributed by atoms with Gasteiger partial charge in [-0.25, -0.2) is 0 Å². The molecule has 0 radical (unpaired) electrons. The molecule has 4 aliphatic heterocycles. The third kappa shape index (κ3) is 4.27. The lowest BCUT2D eigenvalue weighted by molar-refractivity contribution is 0.0620. The van der Waals surface area contributed by atoms with Gasteiger partial charge in [-0.05, 0) is 56.1 Å². The maximum atomic E-state index is 12.7. The largest absolute Gasteiger partial charge is 0.447 e. The van der Waals surface area contributed by atoms with Gasteiger partial charge in [0, 0.05) is 42.7 Å². The molecule has 1 aromatic carbocycles. The maximum absolute atomic E-state index is 12.7. The van der Waals surface area contributed by atoms with Crippen molar-refractivity contribution in [2.75, 3.05) is 50.8 Å². The Morgan fingerprint density at radius 1 is 1.10 bits per heavy atom. The van der Waals surface area contributed by atoms with E-state index in [-0.39, 0.29) is 11.9 Å². The van der Waals surface area contributed by atoms with Crippen LogP contribution in [0.4, 0.5) is 5.69 Å². The molecule has 4 fully saturated rings. The fourth-order valence-electron chi connectivity index (χ4n) is 4.52. The number of thiophene rings is 1. The van der Waals surface area contributed by atoms with Crippen molar-refractivity contribution in [3.05, 3.63) is 41.3 Å². The van der Waals surface area contributed by atoms with E-state index in [1.54, 1.807) is 11.3 Å². The lowest BCUT2D eigenvalue weighted by atomic mass is 9.84. The van der Waals surface area contributed by atoms with Crippen molar-refractivity contribution >= 4 is 22.9 Å². The number of ether oxygens (including phenoxy) is 2. The molecular formula is C22H27N3O3S. The summed E-state index contributed by atoms with van der Waals surface area (Å²) in [6.07, 6.45) is 2.40. The summed E-state index contributed by atoms with van der Waals surface area (Å²) >= 11 is 1.59. The minimum absolute atomic E-state index is 0.0148. The van der Waals surface area contributed by atoms with Gasteiger partial charge in [0.05, 0.1) is 18.9 Å². The van der Waals surface area contributed by atoms with Crippen LogP contribution in [0.1, 0.15) is 23.2 Å². The van der Waals surface area contributed by atoms with Crippen LogP contribution in [0.15, 0.2) is 35.7 Å². The number of piperidine rings is 3. The Morgan fingerprint density at radius 2 is 1.86 bits per heavy atom. The van der Waals surface area contributed by atoms with Gasteiger partial charge in [0.1, 0.15) is 5.75 Å². The second kappa shape index (κ2) is 8.34. The van der Waals surface area contributed by atoms with E-state index in [0.29, 0.717) is 11.5 Å². The zero-order valence-corrected chi connectivity index (χ0v) is 17.3. The Bertz CT molecular complexity index is 839. The third-order valence-electron chi connectivity index (χ3n) is 6.25. The monoisotopic (exact) mass is 413 g/mol. The van der Waals surface area contributed by atoms with Crippen molar-refractivity contribution in [2.24, 2.45) is 5.92 Å². The molecule has 1 amide bonds. The van der Waals surface area contributed by atoms with E-state index >= 15 is 0 Å². The number of morpholine rings is 1. The van der Waals surface area contributed by atoms with Crippen molar-refractivity contribution in [1.82, 2.24) is 10.2 Å². The molecule has 6 rings (SSSR count). The first-order chi connectivity index (χ1) is 14.2. The third-order valence-corrected chi connectivity index (χ3v) is 7.04. The number of hydrogen-bond acceptors (Lipinski definition) is 6. The van der Waals surface area contributed by atoms with Gasteiger partial charge < -0.3 is 24.6 Å². The highest BCUT2D eigenvalue weighted by Gasteiger charge is 2.34. The number of fused-ring (bicyclic) bond motifs is 3. The number of carbonyl (C=O) groups is 1. The van der Waals surface area contributed by atoms with Crippen LogP contribution < -0.4 is 15.0 Å². The van der Waals surface area contributed by atoms with Crippen LogP contribution in [0.5, 0.6) is 10.8 Å². The average Bonchev–Trinajstić information content (AvgIpc) is 3.24. The molecule has 4 saturated heterocycles. The van der Waals surface area contributed by atoms with Gasteiger partial charge in [0.2, 0.25) is 0 Å². The smallest absolute Gasteiger partial charge is 0.251 e. The SMILES string of the molecule is O=C(N[C@H]1CN2CCC1CC2)c1ccc(Oc2cc(N3CCOCC3)cs2)cc1. The van der Waals surface area contributed by atoms with E-state index in [0.717, 1.165) is 43.7 Å². The highest BCUT2D eigenvalue weighted by atomic mass is 32.1. The normalized spacial score (nSPS) is 26.3. The zero-order chi connectivity index (χ0) is 19.6. The van der Waals surface area contributed by atoms with Crippen LogP contribution in [-0.4, -0.2) is 62.8 Å². The minimum atomic E-state index is 0.0148. The van der Waals surface area contributed by atoms with Crippen LogP contribution in [0.2, 0.25) is 0 Å². The van der Waals surface area contributed by atoms with Gasteiger partial charge in [-0.3, -0.25) is 4.79 Å². The summed E-state index contributed by atoms with van der Waals surface area (Å²) in [5.74, 6) is 1.40. The molecule has 1 aromatic heterocycles. The maximum Gasteiger partial charge on any atom is 0.251 e. The number of amides is 1. The Hall–Kier alpha value is -2.09. The fourth-order valence-corrected chi connectivity index (χ4v) is 5.31. The summed E-state index contributed by atoms with van der Waals surface area (Å²) in [4.78, 5) is 17.4. The molecule has 0 aliphatic carbocycles. The minimum Gasteiger partial charge on any atom is -0.447 e. The second-order valence-electron chi connectivity index (χ2n) is 8.07. The van der Waals surface area contributed by atoms with Gasteiger partial charge in [0.15, 0.2) is 5.06 Å². The molecular weight excluding hydrogens is 386 g/mol. The van der Waals surface area contributed by atoms with E-state index in [1.807, 2.05) is 24.3 Å². The summed E-state index contributed by atoms with van der Waals surface area (Å²) in [7, 11) is 0. The van der Waals surface area contributed by atoms with Crippen molar-refractivity contribution in [3.63, 3.8) is 0 Å². The van der Waals surface area contributed by atoms with Gasteiger partial charge in [-0.2, -0.15) is 0 Å². The number of rotatable bonds is 5. The zero-order valence-electron chi connectivity index (χ0n) is 16.5. The first-order valence-electron chi connectivity index (χ1n) is 10.5. The van der Waals surface area contributed by atoms with Gasteiger partial charge >= 0.3 is 0 Å². The van der Waals surface area contributed by atoms with Crippen LogP contribution in [0.25, 0.3) is 0 Å². The number of nitrogens with one attached hydrogen (secondary N) is 1. The molecule has 5 heterocycles. The summed E-state index contributed by atoms with van der Waals surface area (Å²) in [6.45, 7) is 6.73. The average molecular weight is 414 g/mol. The molecule has 0 spiro atoms. The Balaban J connectivity index is 1.18. The van der Waals surface area contributed by atoms with Gasteiger partial charge in [-0.15, -0.1) is 11.3 Å². The molecule has 6 nitrogen and oxygen atoms in total. The van der Waals surface area contributed by atoms with E-state index in [9.17, 15) is 4.79 Å². The summed E-state index contributed by atoms with van der Waals surface area (Å²) in [6, 6.07) is 9.81. The Labute approximate surface area is 175 Å². The number of benzene rings is 1. The summed E-state index contributed by atoms with van der Waals surface area (Å²) < 4.78 is 11.4. The highest BCUT2D eigenvalue weighted by molar-refractivity contribution is 7.12. The van der Waals surface area contributed by atoms with Crippen molar-refractivity contribution in [2.45, 2.75) is 18.9 Å². The topological polar surface area (TPSA) is 54.0 Å². The van der Waals surface area contributed by atoms with Crippen LogP contribution >= 0.6 is 11.3 Å². The second-order valence-corrected chi connectivity index (χ2v) is 8.94. The van der Waals surface area contributed by atoms with Crippen molar-refractivity contribution in [1.29, 1.82) is 0 Å². The molecule has 4 aliphatic rings. The quantitative estimate of drug-likeness (QED) is 0.816. The first kappa shape index (κ1) is 18.9. The Morgan fingerprint density at radius 3 is 2.55 bits per heavy atom. The predicted octanol–water partition coefficient (Wildman–Crippen LogP) is 3.20. The number of hydrogen-bond donors (Lipinski definition) is 1. The van der Waals surface area contributed by atoms with Crippen molar-refractivity contribution < 1.29 is 14.3 Å². The number of carbonyl (C=O) groups excluding carboxylic acids is 1. The molecule has 7 heteroatoms.